The van der Waals surface area contributed by atoms with Gasteiger partial charge in [-0.15, -0.1) is 0 Å². The summed E-state index contributed by atoms with van der Waals surface area (Å²) in [5.74, 6) is 1.24. The number of hydrogen-bond acceptors (Lipinski definition) is 4. The number of aromatic nitrogens is 1. The first-order valence-electron chi connectivity index (χ1n) is 5.32. The van der Waals surface area contributed by atoms with Crippen LogP contribution in [0, 0.1) is 0 Å². The summed E-state index contributed by atoms with van der Waals surface area (Å²) in [7, 11) is 0. The Labute approximate surface area is 92.9 Å². The number of nitrogens with one attached hydrogen (secondary N) is 1. The third-order valence-corrected chi connectivity index (χ3v) is 2.84. The number of benzene rings is 1. The Morgan fingerprint density at radius 1 is 1.25 bits per heavy atom. The fraction of sp³-hybridized carbons (Fsp3) is 0.250. The van der Waals surface area contributed by atoms with Crippen LogP contribution in [0.1, 0.15) is 11.3 Å². The van der Waals surface area contributed by atoms with Crippen molar-refractivity contribution in [3.8, 4) is 17.0 Å². The van der Waals surface area contributed by atoms with Crippen molar-refractivity contribution in [1.29, 1.82) is 0 Å². The van der Waals surface area contributed by atoms with Crippen molar-refractivity contribution in [2.75, 3.05) is 6.54 Å². The van der Waals surface area contributed by atoms with E-state index in [1.165, 1.54) is 0 Å². The van der Waals surface area contributed by atoms with E-state index in [0.29, 0.717) is 0 Å². The lowest BCUT2D eigenvalue weighted by Gasteiger charge is -2.11. The lowest BCUT2D eigenvalue weighted by Crippen LogP contribution is -2.22. The molecule has 0 fully saturated rings. The normalized spacial score (nSPS) is 14.8. The molecular weight excluding hydrogens is 204 g/mol. The maximum atomic E-state index is 9.24. The maximum Gasteiger partial charge on any atom is 0.143 e. The average molecular weight is 216 g/mol. The maximum absolute atomic E-state index is 9.24. The topological polar surface area (TPSA) is 58.3 Å². The number of aromatic hydroxyl groups is 1. The van der Waals surface area contributed by atoms with Crippen LogP contribution in [0.15, 0.2) is 28.8 Å². The van der Waals surface area contributed by atoms with Gasteiger partial charge in [-0.25, -0.2) is 0 Å². The van der Waals surface area contributed by atoms with Crippen LogP contribution in [0.5, 0.6) is 5.75 Å². The van der Waals surface area contributed by atoms with Gasteiger partial charge in [-0.05, 0) is 24.3 Å². The fourth-order valence-corrected chi connectivity index (χ4v) is 1.98. The zero-order valence-corrected chi connectivity index (χ0v) is 8.73. The molecule has 0 radical (unpaired) electrons. The first kappa shape index (κ1) is 9.42. The lowest BCUT2D eigenvalue weighted by atomic mass is 10.0. The van der Waals surface area contributed by atoms with Gasteiger partial charge >= 0.3 is 0 Å². The molecule has 0 atom stereocenters. The van der Waals surface area contributed by atoms with Gasteiger partial charge in [0.15, 0.2) is 0 Å². The molecular formula is C12H12N2O2. The molecule has 2 N–H and O–H groups in total. The molecule has 0 unspecified atom stereocenters. The van der Waals surface area contributed by atoms with Gasteiger partial charge in [0.05, 0.1) is 0 Å². The summed E-state index contributed by atoms with van der Waals surface area (Å²) in [6.45, 7) is 1.74. The van der Waals surface area contributed by atoms with Gasteiger partial charge in [-0.3, -0.25) is 0 Å². The number of nitrogens with zero attached hydrogens (tertiary/aromatic N) is 1. The summed E-state index contributed by atoms with van der Waals surface area (Å²) in [6, 6.07) is 7.02. The van der Waals surface area contributed by atoms with Gasteiger partial charge < -0.3 is 14.9 Å². The van der Waals surface area contributed by atoms with E-state index in [-0.39, 0.29) is 5.75 Å². The molecule has 3 rings (SSSR count). The van der Waals surface area contributed by atoms with Crippen LogP contribution in [0.2, 0.25) is 0 Å². The minimum Gasteiger partial charge on any atom is -0.508 e. The summed E-state index contributed by atoms with van der Waals surface area (Å²) >= 11 is 0. The van der Waals surface area contributed by atoms with Crippen molar-refractivity contribution < 1.29 is 9.63 Å². The van der Waals surface area contributed by atoms with Crippen molar-refractivity contribution in [3.05, 3.63) is 35.6 Å². The summed E-state index contributed by atoms with van der Waals surface area (Å²) < 4.78 is 5.32. The van der Waals surface area contributed by atoms with Gasteiger partial charge in [-0.1, -0.05) is 5.16 Å². The molecule has 0 saturated heterocycles. The molecule has 0 amide bonds. The Morgan fingerprint density at radius 2 is 2.06 bits per heavy atom. The van der Waals surface area contributed by atoms with Gasteiger partial charge in [-0.2, -0.15) is 0 Å². The van der Waals surface area contributed by atoms with E-state index in [1.807, 2.05) is 12.1 Å². The molecule has 0 aliphatic carbocycles. The highest BCUT2D eigenvalue weighted by Crippen LogP contribution is 2.28. The van der Waals surface area contributed by atoms with E-state index in [0.717, 1.165) is 42.1 Å². The Kier molecular flexibility index (Phi) is 2.15. The number of fused-ring (bicyclic) bond motifs is 1. The quantitative estimate of drug-likeness (QED) is 0.761. The summed E-state index contributed by atoms with van der Waals surface area (Å²) in [5, 5.41) is 16.6. The first-order valence-corrected chi connectivity index (χ1v) is 5.32. The molecule has 0 bridgehead atoms. The highest BCUT2D eigenvalue weighted by molar-refractivity contribution is 5.64. The standard InChI is InChI=1S/C12H12N2O2/c15-9-3-1-8(2-4-9)12-10-7-13-6-5-11(10)16-14-12/h1-4,13,15H,5-7H2. The van der Waals surface area contributed by atoms with E-state index in [9.17, 15) is 5.11 Å². The molecule has 16 heavy (non-hydrogen) atoms. The van der Waals surface area contributed by atoms with Crippen LogP contribution in [0.4, 0.5) is 0 Å². The van der Waals surface area contributed by atoms with Gasteiger partial charge in [0.2, 0.25) is 0 Å². The molecule has 82 valence electrons. The third kappa shape index (κ3) is 1.47. The second-order valence-corrected chi connectivity index (χ2v) is 3.91. The van der Waals surface area contributed by atoms with Crippen LogP contribution in [0.25, 0.3) is 11.3 Å². The van der Waals surface area contributed by atoms with Crippen molar-refractivity contribution in [3.63, 3.8) is 0 Å². The molecule has 0 spiro atoms. The largest absolute Gasteiger partial charge is 0.508 e. The summed E-state index contributed by atoms with van der Waals surface area (Å²) in [6.07, 6.45) is 0.889. The predicted octanol–water partition coefficient (Wildman–Crippen LogP) is 1.69. The van der Waals surface area contributed by atoms with Crippen molar-refractivity contribution in [1.82, 2.24) is 10.5 Å². The number of rotatable bonds is 1. The van der Waals surface area contributed by atoms with Gasteiger partial charge in [0.25, 0.3) is 0 Å². The first-order chi connectivity index (χ1) is 7.84. The van der Waals surface area contributed by atoms with Crippen LogP contribution in [-0.4, -0.2) is 16.8 Å². The Hall–Kier alpha value is -1.81. The third-order valence-electron chi connectivity index (χ3n) is 2.84. The Bertz CT molecular complexity index is 502. The van der Waals surface area contributed by atoms with E-state index in [4.69, 9.17) is 4.52 Å². The molecule has 2 aromatic rings. The Morgan fingerprint density at radius 3 is 2.88 bits per heavy atom. The molecule has 1 aliphatic heterocycles. The molecule has 1 aromatic heterocycles. The highest BCUT2D eigenvalue weighted by atomic mass is 16.5. The minimum absolute atomic E-state index is 0.263. The average Bonchev–Trinajstić information content (AvgIpc) is 2.74. The van der Waals surface area contributed by atoms with Crippen molar-refractivity contribution >= 4 is 0 Å². The molecule has 0 saturated carbocycles. The van der Waals surface area contributed by atoms with Gasteiger partial charge in [0.1, 0.15) is 17.2 Å². The van der Waals surface area contributed by atoms with Crippen LogP contribution >= 0.6 is 0 Å². The summed E-state index contributed by atoms with van der Waals surface area (Å²) in [4.78, 5) is 0. The SMILES string of the molecule is Oc1ccc(-c2noc3c2CNCC3)cc1. The number of phenolic OH excluding ortho intramolecular Hbond substituents is 1. The fourth-order valence-electron chi connectivity index (χ4n) is 1.98. The number of phenols is 1. The zero-order valence-electron chi connectivity index (χ0n) is 8.73. The zero-order chi connectivity index (χ0) is 11.0. The smallest absolute Gasteiger partial charge is 0.143 e. The van der Waals surface area contributed by atoms with Crippen LogP contribution in [0.3, 0.4) is 0 Å². The van der Waals surface area contributed by atoms with E-state index in [2.05, 4.69) is 10.5 Å². The van der Waals surface area contributed by atoms with E-state index in [1.54, 1.807) is 12.1 Å². The minimum atomic E-state index is 0.263. The van der Waals surface area contributed by atoms with Crippen molar-refractivity contribution in [2.45, 2.75) is 13.0 Å². The van der Waals surface area contributed by atoms with Crippen molar-refractivity contribution in [2.24, 2.45) is 0 Å². The molecule has 1 aliphatic rings. The second kappa shape index (κ2) is 3.64. The molecule has 4 heteroatoms. The van der Waals surface area contributed by atoms with E-state index >= 15 is 0 Å². The monoisotopic (exact) mass is 216 g/mol. The van der Waals surface area contributed by atoms with Gasteiger partial charge in [0, 0.05) is 30.6 Å². The molecule has 1 aromatic carbocycles. The molecule has 4 nitrogen and oxygen atoms in total. The molecule has 2 heterocycles. The summed E-state index contributed by atoms with van der Waals surface area (Å²) in [5.41, 5.74) is 2.99. The second-order valence-electron chi connectivity index (χ2n) is 3.91. The lowest BCUT2D eigenvalue weighted by molar-refractivity contribution is 0.374. The van der Waals surface area contributed by atoms with Crippen LogP contribution in [-0.2, 0) is 13.0 Å². The number of hydrogen-bond donors (Lipinski definition) is 2. The Balaban J connectivity index is 2.06. The van der Waals surface area contributed by atoms with E-state index < -0.39 is 0 Å². The predicted molar refractivity (Wildman–Crippen MR) is 59.0 cm³/mol. The van der Waals surface area contributed by atoms with Crippen LogP contribution < -0.4 is 5.32 Å². The highest BCUT2D eigenvalue weighted by Gasteiger charge is 2.19.